The molecule has 0 aromatic heterocycles. The lowest BCUT2D eigenvalue weighted by Crippen LogP contribution is -2.59. The second kappa shape index (κ2) is 17.5. The molecule has 5 atom stereocenters. The lowest BCUT2D eigenvalue weighted by molar-refractivity contribution is -0.142. The second-order valence-corrected chi connectivity index (χ2v) is 10.3. The highest BCUT2D eigenvalue weighted by atomic mass is 16.4. The number of nitrogens with two attached hydrogens (primary N) is 2. The Balaban J connectivity index is 3.24. The van der Waals surface area contributed by atoms with Gasteiger partial charge in [0.2, 0.25) is 23.6 Å². The number of carbonyl (C=O) groups excluding carboxylic acids is 4. The molecule has 15 nitrogen and oxygen atoms in total. The summed E-state index contributed by atoms with van der Waals surface area (Å²) in [6, 6.07) is -0.368. The summed E-state index contributed by atoms with van der Waals surface area (Å²) in [7, 11) is 0. The van der Waals surface area contributed by atoms with Crippen LogP contribution < -0.4 is 32.7 Å². The number of aliphatic carboxylic acids is 2. The maximum absolute atomic E-state index is 13.5. The van der Waals surface area contributed by atoms with Gasteiger partial charge in [-0.2, -0.15) is 0 Å². The lowest BCUT2D eigenvalue weighted by Gasteiger charge is -2.27. The number of phenols is 1. The van der Waals surface area contributed by atoms with Crippen LogP contribution in [0.4, 0.5) is 0 Å². The van der Waals surface area contributed by atoms with Gasteiger partial charge in [0.1, 0.15) is 29.9 Å². The first-order chi connectivity index (χ1) is 19.7. The van der Waals surface area contributed by atoms with Crippen molar-refractivity contribution in [3.8, 4) is 5.75 Å². The first kappa shape index (κ1) is 35.8. The number of benzene rings is 1. The molecule has 4 amide bonds. The minimum absolute atomic E-state index is 0.0201. The molecule has 0 aliphatic heterocycles. The van der Waals surface area contributed by atoms with Gasteiger partial charge in [0.15, 0.2) is 0 Å². The van der Waals surface area contributed by atoms with E-state index in [2.05, 4.69) is 21.3 Å². The number of carboxylic acid groups (broad SMARTS) is 2. The van der Waals surface area contributed by atoms with E-state index in [1.54, 1.807) is 13.8 Å². The van der Waals surface area contributed by atoms with Crippen molar-refractivity contribution in [1.82, 2.24) is 21.3 Å². The van der Waals surface area contributed by atoms with Crippen LogP contribution in [0.3, 0.4) is 0 Å². The van der Waals surface area contributed by atoms with Crippen LogP contribution in [0.15, 0.2) is 24.3 Å². The zero-order chi connectivity index (χ0) is 32.0. The second-order valence-electron chi connectivity index (χ2n) is 10.3. The number of carboxylic acids is 2. The van der Waals surface area contributed by atoms with Crippen LogP contribution in [-0.4, -0.2) is 87.6 Å². The number of hydrogen-bond donors (Lipinski definition) is 9. The van der Waals surface area contributed by atoms with E-state index in [1.165, 1.54) is 31.2 Å². The van der Waals surface area contributed by atoms with E-state index in [4.69, 9.17) is 21.7 Å². The van der Waals surface area contributed by atoms with Gasteiger partial charge in [0.05, 0.1) is 12.5 Å². The van der Waals surface area contributed by atoms with Gasteiger partial charge < -0.3 is 48.1 Å². The molecule has 0 radical (unpaired) electrons. The van der Waals surface area contributed by atoms with E-state index < -0.39 is 78.1 Å². The Labute approximate surface area is 243 Å². The normalized spacial score (nSPS) is 14.5. The monoisotopic (exact) mass is 594 g/mol. The van der Waals surface area contributed by atoms with Crippen LogP contribution >= 0.6 is 0 Å². The highest BCUT2D eigenvalue weighted by Gasteiger charge is 2.32. The van der Waals surface area contributed by atoms with E-state index in [-0.39, 0.29) is 18.6 Å². The summed E-state index contributed by atoms with van der Waals surface area (Å²) in [5.74, 6) is -6.19. The zero-order valence-electron chi connectivity index (χ0n) is 24.0. The molecule has 0 saturated heterocycles. The molecular weight excluding hydrogens is 552 g/mol. The molecule has 1 rings (SSSR count). The molecule has 0 bridgehead atoms. The van der Waals surface area contributed by atoms with Crippen molar-refractivity contribution in [2.45, 2.75) is 83.1 Å². The number of aromatic hydroxyl groups is 1. The first-order valence-corrected chi connectivity index (χ1v) is 13.6. The number of amides is 4. The summed E-state index contributed by atoms with van der Waals surface area (Å²) in [5, 5.41) is 37.6. The average molecular weight is 595 g/mol. The molecule has 0 aliphatic rings. The highest BCUT2D eigenvalue weighted by Crippen LogP contribution is 2.13. The number of phenolic OH excluding ortho intramolecular Hbond substituents is 1. The number of nitrogens with one attached hydrogen (secondary N) is 4. The van der Waals surface area contributed by atoms with Crippen molar-refractivity contribution >= 4 is 35.6 Å². The number of rotatable bonds is 18. The van der Waals surface area contributed by atoms with Crippen LogP contribution in [0.25, 0.3) is 0 Å². The molecule has 0 saturated carbocycles. The van der Waals surface area contributed by atoms with Crippen molar-refractivity contribution in [2.75, 3.05) is 6.54 Å². The van der Waals surface area contributed by atoms with Gasteiger partial charge >= 0.3 is 11.9 Å². The van der Waals surface area contributed by atoms with Gasteiger partial charge in [-0.15, -0.1) is 0 Å². The zero-order valence-corrected chi connectivity index (χ0v) is 24.0. The fraction of sp³-hybridized carbons (Fsp3) is 0.556. The van der Waals surface area contributed by atoms with E-state index in [1.807, 2.05) is 0 Å². The molecular formula is C27H42N6O9. The summed E-state index contributed by atoms with van der Waals surface area (Å²) in [6.07, 6.45) is 0.411. The number of hydrogen-bond acceptors (Lipinski definition) is 9. The quantitative estimate of drug-likeness (QED) is 0.0889. The van der Waals surface area contributed by atoms with E-state index >= 15 is 0 Å². The fourth-order valence-electron chi connectivity index (χ4n) is 3.82. The lowest BCUT2D eigenvalue weighted by atomic mass is 9.99. The third kappa shape index (κ3) is 12.5. The van der Waals surface area contributed by atoms with Gasteiger partial charge in [-0.25, -0.2) is 0 Å². The molecule has 15 heteroatoms. The molecule has 234 valence electrons. The van der Waals surface area contributed by atoms with Crippen molar-refractivity contribution in [3.05, 3.63) is 29.8 Å². The third-order valence-corrected chi connectivity index (χ3v) is 6.30. The fourth-order valence-corrected chi connectivity index (χ4v) is 3.82. The van der Waals surface area contributed by atoms with Crippen LogP contribution in [-0.2, 0) is 35.2 Å². The summed E-state index contributed by atoms with van der Waals surface area (Å²) in [5.41, 5.74) is 11.7. The van der Waals surface area contributed by atoms with Crippen LogP contribution in [0.5, 0.6) is 5.75 Å². The molecule has 11 N–H and O–H groups in total. The number of unbranched alkanes of at least 4 members (excludes halogenated alkanes) is 1. The van der Waals surface area contributed by atoms with Crippen LogP contribution in [0.1, 0.15) is 52.0 Å². The van der Waals surface area contributed by atoms with E-state index in [0.717, 1.165) is 0 Å². The van der Waals surface area contributed by atoms with E-state index in [9.17, 15) is 33.9 Å². The summed E-state index contributed by atoms with van der Waals surface area (Å²) in [6.45, 7) is 4.87. The van der Waals surface area contributed by atoms with Crippen molar-refractivity contribution in [3.63, 3.8) is 0 Å². The Morgan fingerprint density at radius 1 is 0.786 bits per heavy atom. The van der Waals surface area contributed by atoms with Gasteiger partial charge in [-0.3, -0.25) is 28.8 Å². The molecule has 0 heterocycles. The average Bonchev–Trinajstić information content (AvgIpc) is 2.90. The minimum Gasteiger partial charge on any atom is -0.508 e. The Kier molecular flexibility index (Phi) is 15.0. The Morgan fingerprint density at radius 3 is 1.88 bits per heavy atom. The van der Waals surface area contributed by atoms with Crippen molar-refractivity contribution in [2.24, 2.45) is 17.4 Å². The maximum atomic E-state index is 13.5. The standard InChI is InChI=1S/C27H42N6O9/c1-14(2)22(33-23(37)18(29)13-21(35)36)26(40)32-20(12-16-7-9-17(34)10-8-16)25(39)31-19(6-4-5-11-28)24(38)30-15(3)27(41)42/h7-10,14-15,18-20,22,34H,4-6,11-13,28-29H2,1-3H3,(H,30,38)(H,31,39)(H,32,40)(H,33,37)(H,35,36)(H,41,42)/t15-,18-,19-,20-,22-/m0/s1. The third-order valence-electron chi connectivity index (χ3n) is 6.30. The largest absolute Gasteiger partial charge is 0.508 e. The summed E-state index contributed by atoms with van der Waals surface area (Å²) >= 11 is 0. The summed E-state index contributed by atoms with van der Waals surface area (Å²) < 4.78 is 0. The highest BCUT2D eigenvalue weighted by molar-refractivity contribution is 5.96. The number of carbonyl (C=O) groups is 6. The van der Waals surface area contributed by atoms with Crippen LogP contribution in [0.2, 0.25) is 0 Å². The molecule has 0 aliphatic carbocycles. The van der Waals surface area contributed by atoms with Gasteiger partial charge in [0, 0.05) is 6.42 Å². The SMILES string of the molecule is CC(C)[C@H](NC(=O)[C@@H](N)CC(=O)O)C(=O)N[C@@H](Cc1ccc(O)cc1)C(=O)N[C@@H](CCCCN)C(=O)N[C@@H](C)C(=O)O. The van der Waals surface area contributed by atoms with Gasteiger partial charge in [-0.05, 0) is 56.3 Å². The Morgan fingerprint density at radius 2 is 1.36 bits per heavy atom. The Bertz CT molecular complexity index is 1100. The van der Waals surface area contributed by atoms with Crippen molar-refractivity contribution < 1.29 is 44.1 Å². The molecule has 1 aromatic rings. The first-order valence-electron chi connectivity index (χ1n) is 13.6. The van der Waals surface area contributed by atoms with Gasteiger partial charge in [-0.1, -0.05) is 26.0 Å². The van der Waals surface area contributed by atoms with E-state index in [0.29, 0.717) is 24.9 Å². The Hall–Kier alpha value is -4.24. The predicted molar refractivity (Wildman–Crippen MR) is 151 cm³/mol. The molecule has 0 unspecified atom stereocenters. The van der Waals surface area contributed by atoms with Crippen molar-refractivity contribution in [1.29, 1.82) is 0 Å². The molecule has 42 heavy (non-hydrogen) atoms. The maximum Gasteiger partial charge on any atom is 0.325 e. The molecule has 0 spiro atoms. The van der Waals surface area contributed by atoms with Crippen LogP contribution in [0, 0.1) is 5.92 Å². The molecule has 1 aromatic carbocycles. The topological polar surface area (TPSA) is 263 Å². The van der Waals surface area contributed by atoms with Gasteiger partial charge in [0.25, 0.3) is 0 Å². The minimum atomic E-state index is -1.41. The predicted octanol–water partition coefficient (Wildman–Crippen LogP) is -1.43. The summed E-state index contributed by atoms with van der Waals surface area (Å²) in [4.78, 5) is 74.3. The smallest absolute Gasteiger partial charge is 0.325 e. The molecule has 0 fully saturated rings.